The lowest BCUT2D eigenvalue weighted by molar-refractivity contribution is 0.0483. The van der Waals surface area contributed by atoms with Gasteiger partial charge in [0.05, 0.1) is 0 Å². The van der Waals surface area contributed by atoms with E-state index in [0.29, 0.717) is 12.5 Å². The topological polar surface area (TPSA) is 30.5 Å². The number of rotatable bonds is 7. The molecule has 0 saturated heterocycles. The SMILES string of the molecule is COCOc1ccc(CNCC(C)C)cc1F. The normalized spacial score (nSPS) is 10.9. The second kappa shape index (κ2) is 7.25. The summed E-state index contributed by atoms with van der Waals surface area (Å²) in [5, 5.41) is 3.26. The zero-order valence-electron chi connectivity index (χ0n) is 10.6. The Balaban J connectivity index is 2.50. The summed E-state index contributed by atoms with van der Waals surface area (Å²) >= 11 is 0. The van der Waals surface area contributed by atoms with Crippen molar-refractivity contribution in [2.45, 2.75) is 20.4 Å². The summed E-state index contributed by atoms with van der Waals surface area (Å²) in [5.41, 5.74) is 0.910. The molecule has 1 aromatic rings. The molecule has 0 aliphatic heterocycles. The van der Waals surface area contributed by atoms with Crippen LogP contribution in [-0.2, 0) is 11.3 Å². The Bertz CT molecular complexity index is 342. The van der Waals surface area contributed by atoms with Gasteiger partial charge in [-0.05, 0) is 30.2 Å². The lowest BCUT2D eigenvalue weighted by Gasteiger charge is -2.09. The van der Waals surface area contributed by atoms with Crippen LogP contribution >= 0.6 is 0 Å². The zero-order valence-corrected chi connectivity index (χ0v) is 10.6. The number of halogens is 1. The van der Waals surface area contributed by atoms with Crippen molar-refractivity contribution in [3.05, 3.63) is 29.6 Å². The van der Waals surface area contributed by atoms with Gasteiger partial charge < -0.3 is 14.8 Å². The molecule has 0 bridgehead atoms. The van der Waals surface area contributed by atoms with Gasteiger partial charge in [0.15, 0.2) is 18.4 Å². The summed E-state index contributed by atoms with van der Waals surface area (Å²) in [5.74, 6) is 0.453. The minimum atomic E-state index is -0.356. The molecule has 1 N–H and O–H groups in total. The lowest BCUT2D eigenvalue weighted by atomic mass is 10.2. The van der Waals surface area contributed by atoms with Crippen LogP contribution in [0.4, 0.5) is 4.39 Å². The van der Waals surface area contributed by atoms with Crippen molar-refractivity contribution in [2.24, 2.45) is 5.92 Å². The minimum Gasteiger partial charge on any atom is -0.464 e. The fraction of sp³-hybridized carbons (Fsp3) is 0.538. The Morgan fingerprint density at radius 1 is 1.35 bits per heavy atom. The van der Waals surface area contributed by atoms with E-state index in [1.54, 1.807) is 6.07 Å². The Labute approximate surface area is 102 Å². The Kier molecular flexibility index (Phi) is 5.94. The molecule has 0 unspecified atom stereocenters. The molecule has 17 heavy (non-hydrogen) atoms. The van der Waals surface area contributed by atoms with E-state index in [9.17, 15) is 4.39 Å². The smallest absolute Gasteiger partial charge is 0.188 e. The van der Waals surface area contributed by atoms with Crippen molar-refractivity contribution < 1.29 is 13.9 Å². The molecule has 0 spiro atoms. The number of methoxy groups -OCH3 is 1. The van der Waals surface area contributed by atoms with Crippen molar-refractivity contribution >= 4 is 0 Å². The van der Waals surface area contributed by atoms with E-state index >= 15 is 0 Å². The molecule has 0 aromatic heterocycles. The van der Waals surface area contributed by atoms with Gasteiger partial charge in [0, 0.05) is 13.7 Å². The Morgan fingerprint density at radius 3 is 2.71 bits per heavy atom. The van der Waals surface area contributed by atoms with E-state index in [1.807, 2.05) is 6.07 Å². The minimum absolute atomic E-state index is 0.0574. The molecule has 0 saturated carbocycles. The van der Waals surface area contributed by atoms with Crippen LogP contribution in [0.25, 0.3) is 0 Å². The number of ether oxygens (including phenoxy) is 2. The highest BCUT2D eigenvalue weighted by atomic mass is 19.1. The molecule has 0 amide bonds. The summed E-state index contributed by atoms with van der Waals surface area (Å²) in [6.45, 7) is 5.91. The van der Waals surface area contributed by atoms with Crippen LogP contribution in [0.15, 0.2) is 18.2 Å². The highest BCUT2D eigenvalue weighted by molar-refractivity contribution is 5.29. The van der Waals surface area contributed by atoms with E-state index in [0.717, 1.165) is 12.1 Å². The quantitative estimate of drug-likeness (QED) is 0.744. The fourth-order valence-electron chi connectivity index (χ4n) is 1.40. The number of hydrogen-bond donors (Lipinski definition) is 1. The molecule has 96 valence electrons. The van der Waals surface area contributed by atoms with Crippen LogP contribution in [0.3, 0.4) is 0 Å². The highest BCUT2D eigenvalue weighted by Crippen LogP contribution is 2.18. The van der Waals surface area contributed by atoms with Gasteiger partial charge in [0.1, 0.15) is 0 Å². The highest BCUT2D eigenvalue weighted by Gasteiger charge is 2.04. The number of nitrogens with one attached hydrogen (secondary N) is 1. The van der Waals surface area contributed by atoms with Crippen molar-refractivity contribution in [1.82, 2.24) is 5.32 Å². The third-order valence-corrected chi connectivity index (χ3v) is 2.21. The van der Waals surface area contributed by atoms with Crippen molar-refractivity contribution in [3.63, 3.8) is 0 Å². The van der Waals surface area contributed by atoms with Gasteiger partial charge in [-0.1, -0.05) is 19.9 Å². The van der Waals surface area contributed by atoms with Gasteiger partial charge in [0.2, 0.25) is 0 Å². The summed E-state index contributed by atoms with van der Waals surface area (Å²) in [7, 11) is 1.50. The van der Waals surface area contributed by atoms with E-state index in [4.69, 9.17) is 9.47 Å². The molecule has 4 heteroatoms. The first kappa shape index (κ1) is 13.9. The molecule has 0 radical (unpaired) electrons. The lowest BCUT2D eigenvalue weighted by Crippen LogP contribution is -2.19. The first-order valence-corrected chi connectivity index (χ1v) is 5.74. The van der Waals surface area contributed by atoms with Crippen molar-refractivity contribution in [2.75, 3.05) is 20.4 Å². The standard InChI is InChI=1S/C13H20FNO2/c1-10(2)7-15-8-11-4-5-13(12(14)6-11)17-9-16-3/h4-6,10,15H,7-9H2,1-3H3. The van der Waals surface area contributed by atoms with Gasteiger partial charge in [-0.3, -0.25) is 0 Å². The third kappa shape index (κ3) is 5.15. The van der Waals surface area contributed by atoms with E-state index in [-0.39, 0.29) is 18.4 Å². The van der Waals surface area contributed by atoms with E-state index < -0.39 is 0 Å². The van der Waals surface area contributed by atoms with Crippen molar-refractivity contribution in [3.8, 4) is 5.75 Å². The van der Waals surface area contributed by atoms with Crippen molar-refractivity contribution in [1.29, 1.82) is 0 Å². The van der Waals surface area contributed by atoms with Gasteiger partial charge in [-0.2, -0.15) is 0 Å². The second-order valence-corrected chi connectivity index (χ2v) is 4.34. The summed E-state index contributed by atoms with van der Waals surface area (Å²) in [4.78, 5) is 0. The second-order valence-electron chi connectivity index (χ2n) is 4.34. The number of benzene rings is 1. The first-order valence-electron chi connectivity index (χ1n) is 5.74. The summed E-state index contributed by atoms with van der Waals surface area (Å²) in [6.07, 6.45) is 0. The van der Waals surface area contributed by atoms with E-state index in [2.05, 4.69) is 19.2 Å². The molecule has 0 aliphatic carbocycles. The zero-order chi connectivity index (χ0) is 12.7. The maximum atomic E-state index is 13.6. The fourth-order valence-corrected chi connectivity index (χ4v) is 1.40. The molecule has 1 aromatic carbocycles. The Hall–Kier alpha value is -1.13. The number of hydrogen-bond acceptors (Lipinski definition) is 3. The molecule has 0 aliphatic rings. The van der Waals surface area contributed by atoms with Crippen LogP contribution in [-0.4, -0.2) is 20.4 Å². The largest absolute Gasteiger partial charge is 0.464 e. The maximum absolute atomic E-state index is 13.6. The van der Waals surface area contributed by atoms with Crippen LogP contribution in [0.2, 0.25) is 0 Å². The molecule has 0 heterocycles. The van der Waals surface area contributed by atoms with Crippen LogP contribution in [0, 0.1) is 11.7 Å². The van der Waals surface area contributed by atoms with Gasteiger partial charge in [0.25, 0.3) is 0 Å². The van der Waals surface area contributed by atoms with Crippen LogP contribution in [0.1, 0.15) is 19.4 Å². The Morgan fingerprint density at radius 2 is 2.12 bits per heavy atom. The predicted octanol–water partition coefficient (Wildman–Crippen LogP) is 2.55. The molecular formula is C13H20FNO2. The van der Waals surface area contributed by atoms with Gasteiger partial charge in [-0.15, -0.1) is 0 Å². The first-order chi connectivity index (χ1) is 8.13. The molecule has 1 rings (SSSR count). The molecule has 0 atom stereocenters. The summed E-state index contributed by atoms with van der Waals surface area (Å²) in [6, 6.07) is 4.96. The summed E-state index contributed by atoms with van der Waals surface area (Å²) < 4.78 is 23.3. The molecular weight excluding hydrogens is 221 g/mol. The van der Waals surface area contributed by atoms with Crippen LogP contribution in [0.5, 0.6) is 5.75 Å². The van der Waals surface area contributed by atoms with Crippen LogP contribution < -0.4 is 10.1 Å². The third-order valence-electron chi connectivity index (χ3n) is 2.21. The predicted molar refractivity (Wildman–Crippen MR) is 65.4 cm³/mol. The average Bonchev–Trinajstić information content (AvgIpc) is 2.27. The van der Waals surface area contributed by atoms with E-state index in [1.165, 1.54) is 13.2 Å². The average molecular weight is 241 g/mol. The molecule has 0 fully saturated rings. The van der Waals surface area contributed by atoms with Gasteiger partial charge >= 0.3 is 0 Å². The van der Waals surface area contributed by atoms with Gasteiger partial charge in [-0.25, -0.2) is 4.39 Å². The maximum Gasteiger partial charge on any atom is 0.188 e. The monoisotopic (exact) mass is 241 g/mol. The molecule has 3 nitrogen and oxygen atoms in total.